The van der Waals surface area contributed by atoms with E-state index in [1.807, 2.05) is 47.4 Å². The van der Waals surface area contributed by atoms with E-state index in [1.54, 1.807) is 13.1 Å². The lowest BCUT2D eigenvalue weighted by Crippen LogP contribution is -2.52. The van der Waals surface area contributed by atoms with Crippen LogP contribution in [0.25, 0.3) is 11.3 Å². The third-order valence-electron chi connectivity index (χ3n) is 6.52. The topological polar surface area (TPSA) is 116 Å². The number of piperazine rings is 1. The first-order chi connectivity index (χ1) is 17.5. The Balaban J connectivity index is 1.19. The Morgan fingerprint density at radius 3 is 2.25 bits per heavy atom. The van der Waals surface area contributed by atoms with Gasteiger partial charge in [-0.2, -0.15) is 0 Å². The number of nitrogens with two attached hydrogens (primary N) is 1. The number of rotatable bonds is 7. The van der Waals surface area contributed by atoms with Gasteiger partial charge >= 0.3 is 0 Å². The zero-order valence-electron chi connectivity index (χ0n) is 20.4. The van der Waals surface area contributed by atoms with Crippen molar-refractivity contribution < 1.29 is 9.59 Å². The molecular formula is C27H31N7O2. The molecule has 1 atom stereocenters. The highest BCUT2D eigenvalue weighted by Gasteiger charge is 2.29. The number of nitrogens with zero attached hydrogens (tertiary/aromatic N) is 4. The fourth-order valence-electron chi connectivity index (χ4n) is 4.25. The highest BCUT2D eigenvalue weighted by molar-refractivity contribution is 5.94. The molecule has 0 radical (unpaired) electrons. The van der Waals surface area contributed by atoms with Crippen LogP contribution in [-0.2, 0) is 9.59 Å². The molecule has 0 unspecified atom stereocenters. The maximum Gasteiger partial charge on any atom is 0.239 e. The number of amides is 2. The SMILES string of the molecule is C[C@H](N)C(=O)N1CCN(c2ccc(Nc3nccc(-c4ccc(NC(=O)C5CC5)cc4)n3)cc2)CC1. The summed E-state index contributed by atoms with van der Waals surface area (Å²) in [6, 6.07) is 17.2. The number of benzene rings is 2. The summed E-state index contributed by atoms with van der Waals surface area (Å²) in [6.45, 7) is 4.63. The molecule has 0 bridgehead atoms. The first kappa shape index (κ1) is 23.7. The van der Waals surface area contributed by atoms with E-state index >= 15 is 0 Å². The van der Waals surface area contributed by atoms with E-state index in [0.717, 1.165) is 54.3 Å². The summed E-state index contributed by atoms with van der Waals surface area (Å²) < 4.78 is 0. The van der Waals surface area contributed by atoms with E-state index in [4.69, 9.17) is 5.73 Å². The first-order valence-electron chi connectivity index (χ1n) is 12.4. The van der Waals surface area contributed by atoms with Crippen molar-refractivity contribution in [3.05, 3.63) is 60.8 Å². The van der Waals surface area contributed by atoms with Crippen molar-refractivity contribution >= 4 is 34.8 Å². The van der Waals surface area contributed by atoms with Gasteiger partial charge in [-0.1, -0.05) is 12.1 Å². The molecule has 2 heterocycles. The fourth-order valence-corrected chi connectivity index (χ4v) is 4.25. The van der Waals surface area contributed by atoms with Gasteiger partial charge in [-0.25, -0.2) is 9.97 Å². The number of nitrogens with one attached hydrogen (secondary N) is 2. The molecule has 2 aromatic carbocycles. The molecule has 186 valence electrons. The molecule has 5 rings (SSSR count). The molecule has 2 aliphatic rings. The van der Waals surface area contributed by atoms with Crippen LogP contribution in [0.2, 0.25) is 0 Å². The van der Waals surface area contributed by atoms with Gasteiger partial charge in [0.1, 0.15) is 0 Å². The summed E-state index contributed by atoms with van der Waals surface area (Å²) >= 11 is 0. The van der Waals surface area contributed by atoms with E-state index in [-0.39, 0.29) is 17.7 Å². The summed E-state index contributed by atoms with van der Waals surface area (Å²) in [6.07, 6.45) is 3.69. The molecule has 1 aromatic heterocycles. The number of carbonyl (C=O) groups is 2. The Hall–Kier alpha value is -3.98. The molecule has 9 nitrogen and oxygen atoms in total. The average molecular weight is 486 g/mol. The number of anilines is 4. The number of hydrogen-bond acceptors (Lipinski definition) is 7. The largest absolute Gasteiger partial charge is 0.368 e. The smallest absolute Gasteiger partial charge is 0.239 e. The van der Waals surface area contributed by atoms with Gasteiger partial charge < -0.3 is 26.2 Å². The van der Waals surface area contributed by atoms with Crippen molar-refractivity contribution in [2.75, 3.05) is 41.7 Å². The zero-order valence-corrected chi connectivity index (χ0v) is 20.4. The third-order valence-corrected chi connectivity index (χ3v) is 6.52. The Labute approximate surface area is 210 Å². The van der Waals surface area contributed by atoms with Crippen LogP contribution >= 0.6 is 0 Å². The van der Waals surface area contributed by atoms with E-state index in [2.05, 4.69) is 37.6 Å². The minimum Gasteiger partial charge on any atom is -0.368 e. The lowest BCUT2D eigenvalue weighted by Gasteiger charge is -2.36. The fraction of sp³-hybridized carbons (Fsp3) is 0.333. The zero-order chi connectivity index (χ0) is 25.1. The maximum atomic E-state index is 12.1. The molecule has 36 heavy (non-hydrogen) atoms. The van der Waals surface area contributed by atoms with Gasteiger partial charge in [0, 0.05) is 60.9 Å². The number of hydrogen-bond donors (Lipinski definition) is 3. The Kier molecular flexibility index (Phi) is 6.81. The molecule has 3 aromatic rings. The number of carbonyl (C=O) groups excluding carboxylic acids is 2. The number of aromatic nitrogens is 2. The van der Waals surface area contributed by atoms with E-state index in [0.29, 0.717) is 19.0 Å². The van der Waals surface area contributed by atoms with Crippen LogP contribution in [0.4, 0.5) is 23.0 Å². The van der Waals surface area contributed by atoms with Crippen LogP contribution in [-0.4, -0.2) is 58.9 Å². The molecular weight excluding hydrogens is 454 g/mol. The molecule has 2 fully saturated rings. The van der Waals surface area contributed by atoms with Crippen molar-refractivity contribution in [1.29, 1.82) is 0 Å². The minimum absolute atomic E-state index is 0.00714. The van der Waals surface area contributed by atoms with Gasteiger partial charge in [-0.3, -0.25) is 9.59 Å². The quantitative estimate of drug-likeness (QED) is 0.470. The van der Waals surface area contributed by atoms with Crippen LogP contribution in [0, 0.1) is 5.92 Å². The van der Waals surface area contributed by atoms with Crippen molar-refractivity contribution in [2.45, 2.75) is 25.8 Å². The summed E-state index contributed by atoms with van der Waals surface area (Å²) in [7, 11) is 0. The Bertz CT molecular complexity index is 1220. The second kappa shape index (κ2) is 10.3. The lowest BCUT2D eigenvalue weighted by molar-refractivity contribution is -0.132. The normalized spacial score (nSPS) is 16.4. The highest BCUT2D eigenvalue weighted by atomic mass is 16.2. The van der Waals surface area contributed by atoms with Gasteiger partial charge in [0.25, 0.3) is 0 Å². The Morgan fingerprint density at radius 1 is 0.944 bits per heavy atom. The van der Waals surface area contributed by atoms with Crippen LogP contribution < -0.4 is 21.3 Å². The van der Waals surface area contributed by atoms with Gasteiger partial charge in [0.2, 0.25) is 17.8 Å². The molecule has 1 aliphatic carbocycles. The molecule has 4 N–H and O–H groups in total. The molecule has 0 spiro atoms. The minimum atomic E-state index is -0.457. The van der Waals surface area contributed by atoms with Gasteiger partial charge in [0.05, 0.1) is 11.7 Å². The summed E-state index contributed by atoms with van der Waals surface area (Å²) in [5.41, 5.74) is 10.3. The molecule has 1 saturated heterocycles. The monoisotopic (exact) mass is 485 g/mol. The van der Waals surface area contributed by atoms with Crippen molar-refractivity contribution in [3.8, 4) is 11.3 Å². The first-order valence-corrected chi connectivity index (χ1v) is 12.4. The molecule has 1 aliphatic heterocycles. The molecule has 9 heteroatoms. The van der Waals surface area contributed by atoms with Gasteiger partial charge in [0.15, 0.2) is 0 Å². The van der Waals surface area contributed by atoms with Gasteiger partial charge in [-0.15, -0.1) is 0 Å². The Morgan fingerprint density at radius 2 is 1.61 bits per heavy atom. The second-order valence-electron chi connectivity index (χ2n) is 9.38. The van der Waals surface area contributed by atoms with Crippen molar-refractivity contribution in [2.24, 2.45) is 11.7 Å². The summed E-state index contributed by atoms with van der Waals surface area (Å²) in [5, 5.41) is 6.23. The van der Waals surface area contributed by atoms with Crippen molar-refractivity contribution in [1.82, 2.24) is 14.9 Å². The third kappa shape index (κ3) is 5.63. The van der Waals surface area contributed by atoms with E-state index in [1.165, 1.54) is 0 Å². The highest BCUT2D eigenvalue weighted by Crippen LogP contribution is 2.30. The average Bonchev–Trinajstić information content (AvgIpc) is 3.75. The van der Waals surface area contributed by atoms with Crippen LogP contribution in [0.1, 0.15) is 19.8 Å². The predicted molar refractivity (Wildman–Crippen MR) is 141 cm³/mol. The maximum absolute atomic E-state index is 12.1. The van der Waals surface area contributed by atoms with E-state index < -0.39 is 6.04 Å². The van der Waals surface area contributed by atoms with Crippen LogP contribution in [0.3, 0.4) is 0 Å². The van der Waals surface area contributed by atoms with E-state index in [9.17, 15) is 9.59 Å². The van der Waals surface area contributed by atoms with Crippen LogP contribution in [0.15, 0.2) is 60.8 Å². The van der Waals surface area contributed by atoms with Crippen LogP contribution in [0.5, 0.6) is 0 Å². The van der Waals surface area contributed by atoms with Gasteiger partial charge in [-0.05, 0) is 62.2 Å². The molecule has 2 amide bonds. The van der Waals surface area contributed by atoms with Crippen molar-refractivity contribution in [3.63, 3.8) is 0 Å². The standard InChI is InChI=1S/C27H31N7O2/c1-18(28)26(36)34-16-14-33(15-17-34)23-10-8-22(9-11-23)31-27-29-13-12-24(32-27)19-4-6-21(7-5-19)30-25(35)20-2-3-20/h4-13,18,20H,2-3,14-17,28H2,1H3,(H,30,35)(H,29,31,32)/t18-/m0/s1. The predicted octanol–water partition coefficient (Wildman–Crippen LogP) is 3.23. The molecule has 1 saturated carbocycles. The second-order valence-corrected chi connectivity index (χ2v) is 9.38. The lowest BCUT2D eigenvalue weighted by atomic mass is 10.1. The summed E-state index contributed by atoms with van der Waals surface area (Å²) in [4.78, 5) is 37.2. The summed E-state index contributed by atoms with van der Waals surface area (Å²) in [5.74, 6) is 0.790.